The van der Waals surface area contributed by atoms with Gasteiger partial charge in [-0.3, -0.25) is 4.79 Å². The third kappa shape index (κ3) is 5.23. The van der Waals surface area contributed by atoms with Gasteiger partial charge < -0.3 is 19.4 Å². The first kappa shape index (κ1) is 23.9. The Balaban J connectivity index is 2.20. The number of rotatable bonds is 8. The maximum atomic E-state index is 12.6. The summed E-state index contributed by atoms with van der Waals surface area (Å²) in [5, 5.41) is 3.78. The van der Waals surface area contributed by atoms with E-state index >= 15 is 0 Å². The van der Waals surface area contributed by atoms with Gasteiger partial charge in [0.1, 0.15) is 9.88 Å². The Kier molecular flexibility index (Phi) is 8.08. The van der Waals surface area contributed by atoms with Crippen LogP contribution in [0.2, 0.25) is 0 Å². The molecule has 0 aliphatic heterocycles. The van der Waals surface area contributed by atoms with Crippen molar-refractivity contribution >= 4 is 45.9 Å². The highest BCUT2D eigenvalue weighted by molar-refractivity contribution is 7.99. The lowest BCUT2D eigenvalue weighted by Crippen LogP contribution is -2.16. The van der Waals surface area contributed by atoms with Gasteiger partial charge in [0.2, 0.25) is 5.91 Å². The SMILES string of the molecule is COC(=O)c1sc(NC(=O)CSc2nc(C)c(C)n2CC(C)C)c(C(=O)OC)c1C. The maximum absolute atomic E-state index is 12.6. The van der Waals surface area contributed by atoms with Crippen LogP contribution in [-0.4, -0.2) is 47.4 Å². The number of methoxy groups -OCH3 is 2. The topological polar surface area (TPSA) is 99.5 Å². The molecule has 0 aliphatic rings. The predicted octanol–water partition coefficient (Wildman–Crippen LogP) is 3.83. The van der Waals surface area contributed by atoms with Crippen molar-refractivity contribution in [3.05, 3.63) is 27.4 Å². The molecule has 0 saturated carbocycles. The molecule has 1 amide bonds. The summed E-state index contributed by atoms with van der Waals surface area (Å²) < 4.78 is 11.7. The van der Waals surface area contributed by atoms with Crippen LogP contribution in [0.25, 0.3) is 0 Å². The fraction of sp³-hybridized carbons (Fsp3) is 0.500. The summed E-state index contributed by atoms with van der Waals surface area (Å²) in [5.41, 5.74) is 2.59. The molecule has 1 N–H and O–H groups in total. The Morgan fingerprint density at radius 1 is 1.13 bits per heavy atom. The van der Waals surface area contributed by atoms with Crippen molar-refractivity contribution in [2.45, 2.75) is 46.3 Å². The normalized spacial score (nSPS) is 10.9. The molecule has 0 atom stereocenters. The number of hydrogen-bond acceptors (Lipinski definition) is 8. The van der Waals surface area contributed by atoms with Crippen LogP contribution in [0.1, 0.15) is 50.8 Å². The molecule has 0 unspecified atom stereocenters. The highest BCUT2D eigenvalue weighted by atomic mass is 32.2. The highest BCUT2D eigenvalue weighted by Crippen LogP contribution is 2.34. The molecule has 2 aromatic heterocycles. The predicted molar refractivity (Wildman–Crippen MR) is 118 cm³/mol. The molecule has 0 aliphatic carbocycles. The van der Waals surface area contributed by atoms with E-state index < -0.39 is 11.9 Å². The zero-order valence-electron chi connectivity index (χ0n) is 18.2. The van der Waals surface area contributed by atoms with E-state index in [4.69, 9.17) is 9.47 Å². The maximum Gasteiger partial charge on any atom is 0.348 e. The lowest BCUT2D eigenvalue weighted by Gasteiger charge is -2.12. The smallest absolute Gasteiger partial charge is 0.348 e. The Labute approximate surface area is 184 Å². The van der Waals surface area contributed by atoms with E-state index in [1.807, 2.05) is 13.8 Å². The molecule has 0 aromatic carbocycles. The van der Waals surface area contributed by atoms with Crippen molar-refractivity contribution in [1.29, 1.82) is 0 Å². The molecule has 2 aromatic rings. The van der Waals surface area contributed by atoms with Gasteiger partial charge in [-0.25, -0.2) is 14.6 Å². The van der Waals surface area contributed by atoms with Crippen LogP contribution in [0.3, 0.4) is 0 Å². The second-order valence-electron chi connectivity index (χ2n) is 7.15. The summed E-state index contributed by atoms with van der Waals surface area (Å²) in [4.78, 5) is 41.6. The molecule has 0 bridgehead atoms. The number of nitrogens with zero attached hydrogens (tertiary/aromatic N) is 2. The molecular weight excluding hydrogens is 426 g/mol. The number of thioether (sulfide) groups is 1. The van der Waals surface area contributed by atoms with Crippen molar-refractivity contribution in [2.75, 3.05) is 25.3 Å². The van der Waals surface area contributed by atoms with E-state index in [0.29, 0.717) is 11.5 Å². The number of thiophene rings is 1. The van der Waals surface area contributed by atoms with Gasteiger partial charge in [-0.2, -0.15) is 0 Å². The van der Waals surface area contributed by atoms with Crippen molar-refractivity contribution in [3.8, 4) is 0 Å². The van der Waals surface area contributed by atoms with Gasteiger partial charge >= 0.3 is 11.9 Å². The number of nitrogens with one attached hydrogen (secondary N) is 1. The summed E-state index contributed by atoms with van der Waals surface area (Å²) in [7, 11) is 2.51. The first-order valence-corrected chi connectivity index (χ1v) is 11.2. The summed E-state index contributed by atoms with van der Waals surface area (Å²) in [6.45, 7) is 10.6. The number of carbonyl (C=O) groups excluding carboxylic acids is 3. The summed E-state index contributed by atoms with van der Waals surface area (Å²) in [5.74, 6) is -0.949. The third-order valence-electron chi connectivity index (χ3n) is 4.46. The second kappa shape index (κ2) is 10.1. The van der Waals surface area contributed by atoms with E-state index in [1.165, 1.54) is 26.0 Å². The van der Waals surface area contributed by atoms with Gasteiger partial charge in [0, 0.05) is 12.2 Å². The number of aromatic nitrogens is 2. The summed E-state index contributed by atoms with van der Waals surface area (Å²) >= 11 is 2.32. The molecule has 8 nitrogen and oxygen atoms in total. The quantitative estimate of drug-likeness (QED) is 0.479. The molecular formula is C20H27N3O5S2. The van der Waals surface area contributed by atoms with Crippen LogP contribution in [0.5, 0.6) is 0 Å². The lowest BCUT2D eigenvalue weighted by atomic mass is 10.1. The zero-order valence-corrected chi connectivity index (χ0v) is 19.9. The molecule has 164 valence electrons. The standard InChI is InChI=1S/C20H27N3O5S2/c1-10(2)8-23-13(5)12(4)21-20(23)29-9-14(24)22-17-15(18(25)27-6)11(3)16(30-17)19(26)28-7/h10H,8-9H2,1-7H3,(H,22,24). The van der Waals surface area contributed by atoms with Gasteiger partial charge in [-0.15, -0.1) is 11.3 Å². The number of esters is 2. The average Bonchev–Trinajstić information content (AvgIpc) is 3.15. The average molecular weight is 454 g/mol. The second-order valence-corrected chi connectivity index (χ2v) is 9.11. The van der Waals surface area contributed by atoms with Gasteiger partial charge in [-0.1, -0.05) is 25.6 Å². The number of aryl methyl sites for hydroxylation is 1. The Morgan fingerprint density at radius 2 is 1.77 bits per heavy atom. The number of hydrogen-bond donors (Lipinski definition) is 1. The first-order chi connectivity index (χ1) is 14.1. The summed E-state index contributed by atoms with van der Waals surface area (Å²) in [6.07, 6.45) is 0. The number of anilines is 1. The van der Waals surface area contributed by atoms with Gasteiger partial charge in [0.25, 0.3) is 0 Å². The van der Waals surface area contributed by atoms with Crippen LogP contribution in [0.15, 0.2) is 5.16 Å². The fourth-order valence-electron chi connectivity index (χ4n) is 2.84. The molecule has 30 heavy (non-hydrogen) atoms. The van der Waals surface area contributed by atoms with E-state index in [9.17, 15) is 14.4 Å². The Bertz CT molecular complexity index is 962. The van der Waals surface area contributed by atoms with Crippen molar-refractivity contribution in [2.24, 2.45) is 5.92 Å². The van der Waals surface area contributed by atoms with Gasteiger partial charge in [0.15, 0.2) is 5.16 Å². The van der Waals surface area contributed by atoms with Crippen molar-refractivity contribution < 1.29 is 23.9 Å². The van der Waals surface area contributed by atoms with Crippen LogP contribution in [-0.2, 0) is 20.8 Å². The number of ether oxygens (including phenoxy) is 2. The molecule has 2 heterocycles. The zero-order chi connectivity index (χ0) is 22.6. The molecule has 0 fully saturated rings. The van der Waals surface area contributed by atoms with Gasteiger partial charge in [-0.05, 0) is 32.3 Å². The van der Waals surface area contributed by atoms with Crippen molar-refractivity contribution in [1.82, 2.24) is 9.55 Å². The first-order valence-electron chi connectivity index (χ1n) is 9.37. The third-order valence-corrected chi connectivity index (χ3v) is 6.63. The Hall–Kier alpha value is -2.33. The Morgan fingerprint density at radius 3 is 2.33 bits per heavy atom. The number of imidazole rings is 1. The minimum atomic E-state index is -0.624. The lowest BCUT2D eigenvalue weighted by molar-refractivity contribution is -0.113. The van der Waals surface area contributed by atoms with E-state index in [1.54, 1.807) is 6.92 Å². The number of amides is 1. The van der Waals surface area contributed by atoms with E-state index in [2.05, 4.69) is 28.7 Å². The van der Waals surface area contributed by atoms with E-state index in [0.717, 1.165) is 34.4 Å². The molecule has 10 heteroatoms. The summed E-state index contributed by atoms with van der Waals surface area (Å²) in [6, 6.07) is 0. The minimum absolute atomic E-state index is 0.110. The minimum Gasteiger partial charge on any atom is -0.465 e. The fourth-order valence-corrected chi connectivity index (χ4v) is 4.87. The molecule has 0 spiro atoms. The van der Waals surface area contributed by atoms with Crippen LogP contribution < -0.4 is 5.32 Å². The highest BCUT2D eigenvalue weighted by Gasteiger charge is 2.27. The number of carbonyl (C=O) groups is 3. The van der Waals surface area contributed by atoms with Crippen molar-refractivity contribution in [3.63, 3.8) is 0 Å². The van der Waals surface area contributed by atoms with Crippen LogP contribution in [0.4, 0.5) is 5.00 Å². The van der Waals surface area contributed by atoms with E-state index in [-0.39, 0.29) is 27.1 Å². The van der Waals surface area contributed by atoms with Crippen LogP contribution in [0, 0.1) is 26.7 Å². The molecule has 2 rings (SSSR count). The molecule has 0 saturated heterocycles. The van der Waals surface area contributed by atoms with Gasteiger partial charge in [0.05, 0.1) is 31.2 Å². The monoisotopic (exact) mass is 453 g/mol. The van der Waals surface area contributed by atoms with Crippen LogP contribution >= 0.6 is 23.1 Å². The largest absolute Gasteiger partial charge is 0.465 e. The molecule has 0 radical (unpaired) electrons.